The summed E-state index contributed by atoms with van der Waals surface area (Å²) >= 11 is 0. The largest absolute Gasteiger partial charge is 0.487 e. The van der Waals surface area contributed by atoms with Gasteiger partial charge in [0.25, 0.3) is 0 Å². The minimum Gasteiger partial charge on any atom is -0.487 e. The Labute approximate surface area is 220 Å². The van der Waals surface area contributed by atoms with Crippen molar-refractivity contribution in [1.29, 1.82) is 0 Å². The number of unbranched alkanes of at least 4 members (excludes halogenated alkanes) is 1. The van der Waals surface area contributed by atoms with Gasteiger partial charge in [0.15, 0.2) is 11.5 Å². The second kappa shape index (κ2) is 11.7. The molecule has 0 fully saturated rings. The van der Waals surface area contributed by atoms with Gasteiger partial charge in [-0.15, -0.1) is 0 Å². The molecule has 200 valence electrons. The maximum absolute atomic E-state index is 13.6. The molecule has 0 saturated carbocycles. The van der Waals surface area contributed by atoms with E-state index < -0.39 is 16.1 Å². The van der Waals surface area contributed by atoms with Gasteiger partial charge in [0.05, 0.1) is 6.61 Å². The lowest BCUT2D eigenvalue weighted by molar-refractivity contribution is 0.0733. The van der Waals surface area contributed by atoms with Gasteiger partial charge in [0.2, 0.25) is 16.8 Å². The number of benzene rings is 2. The molecule has 0 amide bonds. The highest BCUT2D eigenvalue weighted by molar-refractivity contribution is 7.89. The van der Waals surface area contributed by atoms with E-state index in [1.54, 1.807) is 25.1 Å². The van der Waals surface area contributed by atoms with Crippen LogP contribution in [0, 0.1) is 17.8 Å². The van der Waals surface area contributed by atoms with Crippen LogP contribution in [0.4, 0.5) is 0 Å². The number of hydrogen-bond donors (Lipinski definition) is 1. The maximum Gasteiger partial charge on any atom is 0.247 e. The lowest BCUT2D eigenvalue weighted by atomic mass is 10.0. The van der Waals surface area contributed by atoms with E-state index in [0.717, 1.165) is 29.9 Å². The average molecular weight is 529 g/mol. The zero-order valence-corrected chi connectivity index (χ0v) is 22.8. The lowest BCUT2D eigenvalue weighted by Crippen LogP contribution is -2.49. The van der Waals surface area contributed by atoms with E-state index in [9.17, 15) is 13.5 Å². The third-order valence-corrected chi connectivity index (χ3v) is 8.68. The van der Waals surface area contributed by atoms with E-state index in [4.69, 9.17) is 14.2 Å². The number of ether oxygens (including phenoxy) is 3. The molecular weight excluding hydrogens is 492 g/mol. The standard InChI is InChI=1S/C28H36N2O6S/c1-5-6-7-8-22-10-12-28-26(13-22)36-27(20(2)15-30(21(3)18-31)37(28,32)33)17-29(4)16-23-9-11-24-25(14-23)35-19-34-24/h9-14,20-21,27,31H,5-6,15-19H2,1-4H3/t20-,21-,27-/m0/s1. The first-order chi connectivity index (χ1) is 17.7. The number of aliphatic hydroxyl groups is 1. The van der Waals surface area contributed by atoms with Gasteiger partial charge in [0, 0.05) is 43.6 Å². The molecule has 37 heavy (non-hydrogen) atoms. The van der Waals surface area contributed by atoms with Crippen molar-refractivity contribution < 1.29 is 27.7 Å². The van der Waals surface area contributed by atoms with E-state index in [-0.39, 0.29) is 36.9 Å². The zero-order chi connectivity index (χ0) is 26.6. The number of likely N-dealkylation sites (N-methyl/N-ethyl adjacent to an activating group) is 1. The molecule has 0 bridgehead atoms. The summed E-state index contributed by atoms with van der Waals surface area (Å²) in [5.74, 6) is 7.88. The van der Waals surface area contributed by atoms with Gasteiger partial charge in [-0.25, -0.2) is 8.42 Å². The normalized spacial score (nSPS) is 21.2. The molecule has 2 heterocycles. The molecule has 0 saturated heterocycles. The van der Waals surface area contributed by atoms with Crippen LogP contribution in [0.25, 0.3) is 0 Å². The van der Waals surface area contributed by atoms with Crippen molar-refractivity contribution in [2.45, 2.75) is 57.2 Å². The maximum atomic E-state index is 13.6. The monoisotopic (exact) mass is 528 g/mol. The Morgan fingerprint density at radius 2 is 1.95 bits per heavy atom. The van der Waals surface area contributed by atoms with Crippen LogP contribution >= 0.6 is 0 Å². The summed E-state index contributed by atoms with van der Waals surface area (Å²) < 4.78 is 46.0. The summed E-state index contributed by atoms with van der Waals surface area (Å²) in [5, 5.41) is 9.84. The van der Waals surface area contributed by atoms with Crippen LogP contribution < -0.4 is 14.2 Å². The molecule has 8 nitrogen and oxygen atoms in total. The minimum atomic E-state index is -3.87. The Balaban J connectivity index is 1.63. The van der Waals surface area contributed by atoms with Crippen LogP contribution in [0.2, 0.25) is 0 Å². The number of aliphatic hydroxyl groups excluding tert-OH is 1. The third-order valence-electron chi connectivity index (χ3n) is 6.66. The molecule has 2 aromatic carbocycles. The van der Waals surface area contributed by atoms with Crippen LogP contribution in [-0.2, 0) is 16.6 Å². The van der Waals surface area contributed by atoms with E-state index >= 15 is 0 Å². The van der Waals surface area contributed by atoms with Crippen molar-refractivity contribution in [2.75, 3.05) is 33.5 Å². The van der Waals surface area contributed by atoms with Crippen LogP contribution in [0.1, 0.15) is 44.7 Å². The second-order valence-corrected chi connectivity index (χ2v) is 11.7. The van der Waals surface area contributed by atoms with E-state index in [1.165, 1.54) is 4.31 Å². The van der Waals surface area contributed by atoms with Crippen molar-refractivity contribution >= 4 is 10.0 Å². The molecule has 3 atom stereocenters. The van der Waals surface area contributed by atoms with Gasteiger partial charge in [-0.3, -0.25) is 4.90 Å². The van der Waals surface area contributed by atoms with E-state index in [1.807, 2.05) is 32.2 Å². The molecule has 9 heteroatoms. The predicted molar refractivity (Wildman–Crippen MR) is 141 cm³/mol. The molecule has 2 aromatic rings. The Hall–Kier alpha value is -2.77. The fourth-order valence-corrected chi connectivity index (χ4v) is 6.36. The van der Waals surface area contributed by atoms with Crippen molar-refractivity contribution in [1.82, 2.24) is 9.21 Å². The Kier molecular flexibility index (Phi) is 8.65. The number of sulfonamides is 1. The third kappa shape index (κ3) is 6.21. The van der Waals surface area contributed by atoms with Gasteiger partial charge >= 0.3 is 0 Å². The summed E-state index contributed by atoms with van der Waals surface area (Å²) in [6.45, 7) is 7.21. The highest BCUT2D eigenvalue weighted by Crippen LogP contribution is 2.35. The number of hydrogen-bond acceptors (Lipinski definition) is 7. The van der Waals surface area contributed by atoms with Crippen LogP contribution in [0.15, 0.2) is 41.3 Å². The highest BCUT2D eigenvalue weighted by Gasteiger charge is 2.38. The summed E-state index contributed by atoms with van der Waals surface area (Å²) in [5.41, 5.74) is 1.79. The second-order valence-electron chi connectivity index (χ2n) is 9.84. The van der Waals surface area contributed by atoms with Gasteiger partial charge < -0.3 is 19.3 Å². The summed E-state index contributed by atoms with van der Waals surface area (Å²) in [6, 6.07) is 10.4. The minimum absolute atomic E-state index is 0.101. The smallest absolute Gasteiger partial charge is 0.247 e. The summed E-state index contributed by atoms with van der Waals surface area (Å²) in [4.78, 5) is 2.25. The molecule has 2 aliphatic heterocycles. The number of fused-ring (bicyclic) bond motifs is 2. The van der Waals surface area contributed by atoms with Crippen molar-refractivity contribution in [2.24, 2.45) is 5.92 Å². The van der Waals surface area contributed by atoms with Crippen molar-refractivity contribution in [3.05, 3.63) is 47.5 Å². The quantitative estimate of drug-likeness (QED) is 0.551. The Morgan fingerprint density at radius 3 is 2.70 bits per heavy atom. The number of rotatable bonds is 7. The van der Waals surface area contributed by atoms with Crippen LogP contribution in [0.5, 0.6) is 17.2 Å². The Bertz CT molecular complexity index is 1270. The molecule has 4 rings (SSSR count). The highest BCUT2D eigenvalue weighted by atomic mass is 32.2. The molecular formula is C28H36N2O6S. The fraction of sp³-hybridized carbons (Fsp3) is 0.500. The van der Waals surface area contributed by atoms with Crippen molar-refractivity contribution in [3.63, 3.8) is 0 Å². The molecule has 0 aromatic heterocycles. The molecule has 0 aliphatic carbocycles. The van der Waals surface area contributed by atoms with Crippen molar-refractivity contribution in [3.8, 4) is 29.1 Å². The van der Waals surface area contributed by atoms with Gasteiger partial charge in [-0.1, -0.05) is 31.8 Å². The number of nitrogens with zero attached hydrogens (tertiary/aromatic N) is 2. The van der Waals surface area contributed by atoms with Gasteiger partial charge in [-0.2, -0.15) is 4.31 Å². The topological polar surface area (TPSA) is 88.5 Å². The van der Waals surface area contributed by atoms with Crippen LogP contribution in [0.3, 0.4) is 0 Å². The zero-order valence-electron chi connectivity index (χ0n) is 21.9. The predicted octanol–water partition coefficient (Wildman–Crippen LogP) is 3.47. The first kappa shape index (κ1) is 27.3. The molecule has 0 spiro atoms. The average Bonchev–Trinajstić information content (AvgIpc) is 3.34. The first-order valence-corrected chi connectivity index (χ1v) is 14.2. The first-order valence-electron chi connectivity index (χ1n) is 12.7. The van der Waals surface area contributed by atoms with Crippen LogP contribution in [-0.4, -0.2) is 68.4 Å². The van der Waals surface area contributed by atoms with E-state index in [0.29, 0.717) is 24.4 Å². The van der Waals surface area contributed by atoms with Gasteiger partial charge in [0.1, 0.15) is 16.7 Å². The summed E-state index contributed by atoms with van der Waals surface area (Å²) in [6.07, 6.45) is 1.43. The fourth-order valence-electron chi connectivity index (χ4n) is 4.53. The van der Waals surface area contributed by atoms with Gasteiger partial charge in [-0.05, 0) is 56.3 Å². The Morgan fingerprint density at radius 1 is 1.16 bits per heavy atom. The molecule has 1 N–H and O–H groups in total. The molecule has 0 unspecified atom stereocenters. The lowest BCUT2D eigenvalue weighted by Gasteiger charge is -2.37. The molecule has 2 aliphatic rings. The SMILES string of the molecule is CCCC#Cc1ccc2c(c1)O[C@@H](CN(C)Cc1ccc3c(c1)OCO3)[C@@H](C)CN([C@@H](C)CO)S2(=O)=O. The summed E-state index contributed by atoms with van der Waals surface area (Å²) in [7, 11) is -1.86. The van der Waals surface area contributed by atoms with E-state index in [2.05, 4.69) is 23.7 Å². The molecule has 0 radical (unpaired) electrons.